The van der Waals surface area contributed by atoms with Crippen molar-refractivity contribution in [3.8, 4) is 0 Å². The molecule has 1 atom stereocenters. The van der Waals surface area contributed by atoms with Crippen LogP contribution in [0.2, 0.25) is 0 Å². The lowest BCUT2D eigenvalue weighted by Gasteiger charge is -2.26. The molecular formula is C15H10F2O2. The van der Waals surface area contributed by atoms with Crippen LogP contribution in [0, 0.1) is 5.82 Å². The molecule has 0 fully saturated rings. The standard InChI is InChI=1S/C15H10F2O2/c16-9-15(10-5-7-11(17)8-6-10)13-4-2-1-3-12(13)14(18)19-15/h1-8H,9H2/t15-/m1/s1. The maximum Gasteiger partial charge on any atom is 0.339 e. The highest BCUT2D eigenvalue weighted by Crippen LogP contribution is 2.42. The van der Waals surface area contributed by atoms with E-state index < -0.39 is 24.1 Å². The zero-order valence-electron chi connectivity index (χ0n) is 9.90. The molecule has 0 N–H and O–H groups in total. The van der Waals surface area contributed by atoms with E-state index in [4.69, 9.17) is 4.74 Å². The Morgan fingerprint density at radius 1 is 1.05 bits per heavy atom. The van der Waals surface area contributed by atoms with Crippen molar-refractivity contribution in [1.82, 2.24) is 0 Å². The van der Waals surface area contributed by atoms with E-state index in [2.05, 4.69) is 0 Å². The number of cyclic esters (lactones) is 1. The number of hydrogen-bond donors (Lipinski definition) is 0. The molecule has 96 valence electrons. The molecule has 0 saturated carbocycles. The first-order valence-electron chi connectivity index (χ1n) is 5.82. The summed E-state index contributed by atoms with van der Waals surface area (Å²) in [4.78, 5) is 11.8. The fraction of sp³-hybridized carbons (Fsp3) is 0.133. The maximum atomic E-state index is 13.6. The Kier molecular flexibility index (Phi) is 2.59. The van der Waals surface area contributed by atoms with Gasteiger partial charge in [-0.25, -0.2) is 13.6 Å². The van der Waals surface area contributed by atoms with Crippen LogP contribution >= 0.6 is 0 Å². The number of benzene rings is 2. The molecule has 0 spiro atoms. The third-order valence-corrected chi connectivity index (χ3v) is 3.35. The van der Waals surface area contributed by atoms with Crippen LogP contribution in [0.5, 0.6) is 0 Å². The molecule has 2 aromatic rings. The van der Waals surface area contributed by atoms with Crippen LogP contribution in [0.4, 0.5) is 8.78 Å². The minimum Gasteiger partial charge on any atom is -0.443 e. The first-order valence-corrected chi connectivity index (χ1v) is 5.82. The molecule has 0 radical (unpaired) electrons. The van der Waals surface area contributed by atoms with Crippen molar-refractivity contribution in [1.29, 1.82) is 0 Å². The van der Waals surface area contributed by atoms with E-state index >= 15 is 0 Å². The van der Waals surface area contributed by atoms with Crippen LogP contribution in [0.1, 0.15) is 21.5 Å². The van der Waals surface area contributed by atoms with Gasteiger partial charge >= 0.3 is 5.97 Å². The highest BCUT2D eigenvalue weighted by atomic mass is 19.1. The van der Waals surface area contributed by atoms with Crippen LogP contribution < -0.4 is 0 Å². The van der Waals surface area contributed by atoms with Gasteiger partial charge in [0.1, 0.15) is 12.5 Å². The number of fused-ring (bicyclic) bond motifs is 1. The number of esters is 1. The Labute approximate surface area is 108 Å². The fourth-order valence-corrected chi connectivity index (χ4v) is 2.39. The molecule has 2 aromatic carbocycles. The molecule has 0 saturated heterocycles. The molecule has 1 heterocycles. The summed E-state index contributed by atoms with van der Waals surface area (Å²) in [5.74, 6) is -0.979. The van der Waals surface area contributed by atoms with E-state index in [0.717, 1.165) is 0 Å². The lowest BCUT2D eigenvalue weighted by Crippen LogP contribution is -2.30. The normalized spacial score (nSPS) is 21.1. The molecule has 2 nitrogen and oxygen atoms in total. The van der Waals surface area contributed by atoms with Gasteiger partial charge in [-0.1, -0.05) is 30.3 Å². The second kappa shape index (κ2) is 4.16. The number of halogens is 2. The number of ether oxygens (including phenoxy) is 1. The average molecular weight is 260 g/mol. The van der Waals surface area contributed by atoms with Gasteiger partial charge < -0.3 is 4.74 Å². The molecule has 0 amide bonds. The topological polar surface area (TPSA) is 26.3 Å². The molecule has 19 heavy (non-hydrogen) atoms. The third-order valence-electron chi connectivity index (χ3n) is 3.35. The SMILES string of the molecule is O=C1O[C@](CF)(c2ccc(F)cc2)c2ccccc21. The molecule has 1 aliphatic heterocycles. The second-order valence-electron chi connectivity index (χ2n) is 4.40. The summed E-state index contributed by atoms with van der Waals surface area (Å²) in [6.45, 7) is -0.888. The van der Waals surface area contributed by atoms with Crippen LogP contribution in [0.3, 0.4) is 0 Å². The minimum absolute atomic E-state index is 0.351. The number of hydrogen-bond acceptors (Lipinski definition) is 2. The van der Waals surface area contributed by atoms with Gasteiger partial charge in [-0.3, -0.25) is 0 Å². The van der Waals surface area contributed by atoms with Crippen LogP contribution in [0.25, 0.3) is 0 Å². The molecular weight excluding hydrogens is 250 g/mol. The second-order valence-corrected chi connectivity index (χ2v) is 4.40. The monoisotopic (exact) mass is 260 g/mol. The van der Waals surface area contributed by atoms with Crippen molar-refractivity contribution in [2.75, 3.05) is 6.67 Å². The van der Waals surface area contributed by atoms with E-state index in [-0.39, 0.29) is 0 Å². The Morgan fingerprint density at radius 2 is 1.74 bits per heavy atom. The van der Waals surface area contributed by atoms with Crippen LogP contribution in [-0.4, -0.2) is 12.6 Å². The van der Waals surface area contributed by atoms with Crippen molar-refractivity contribution in [2.45, 2.75) is 5.60 Å². The van der Waals surface area contributed by atoms with Crippen molar-refractivity contribution in [3.63, 3.8) is 0 Å². The van der Waals surface area contributed by atoms with Crippen LogP contribution in [0.15, 0.2) is 48.5 Å². The van der Waals surface area contributed by atoms with Crippen LogP contribution in [-0.2, 0) is 10.3 Å². The fourth-order valence-electron chi connectivity index (χ4n) is 2.39. The Balaban J connectivity index is 2.21. The summed E-state index contributed by atoms with van der Waals surface area (Å²) in [5, 5.41) is 0. The van der Waals surface area contributed by atoms with Gasteiger partial charge in [-0.05, 0) is 18.2 Å². The van der Waals surface area contributed by atoms with E-state index in [1.165, 1.54) is 24.3 Å². The van der Waals surface area contributed by atoms with E-state index in [1.807, 2.05) is 0 Å². The lowest BCUT2D eigenvalue weighted by molar-refractivity contribution is 0.000372. The first kappa shape index (κ1) is 11.8. The Hall–Kier alpha value is -2.23. The van der Waals surface area contributed by atoms with Crippen molar-refractivity contribution in [2.24, 2.45) is 0 Å². The van der Waals surface area contributed by atoms with Gasteiger partial charge in [0, 0.05) is 11.1 Å². The first-order chi connectivity index (χ1) is 9.17. The van der Waals surface area contributed by atoms with E-state index in [1.54, 1.807) is 24.3 Å². The third kappa shape index (κ3) is 1.63. The van der Waals surface area contributed by atoms with Gasteiger partial charge in [-0.2, -0.15) is 0 Å². The van der Waals surface area contributed by atoms with Crippen molar-refractivity contribution in [3.05, 3.63) is 71.0 Å². The summed E-state index contributed by atoms with van der Waals surface area (Å²) >= 11 is 0. The smallest absolute Gasteiger partial charge is 0.339 e. The van der Waals surface area contributed by atoms with Crippen molar-refractivity contribution >= 4 is 5.97 Å². The molecule has 0 aliphatic carbocycles. The Morgan fingerprint density at radius 3 is 2.42 bits per heavy atom. The number of rotatable bonds is 2. The molecule has 0 aromatic heterocycles. The predicted octanol–water partition coefficient (Wildman–Crippen LogP) is 3.21. The van der Waals surface area contributed by atoms with Crippen molar-refractivity contribution < 1.29 is 18.3 Å². The molecule has 0 unspecified atom stereocenters. The molecule has 4 heteroatoms. The highest BCUT2D eigenvalue weighted by Gasteiger charge is 2.47. The summed E-state index contributed by atoms with van der Waals surface area (Å²) in [6.07, 6.45) is 0. The van der Waals surface area contributed by atoms with Gasteiger partial charge in [-0.15, -0.1) is 0 Å². The zero-order valence-corrected chi connectivity index (χ0v) is 9.90. The molecule has 0 bridgehead atoms. The number of carbonyl (C=O) groups is 1. The quantitative estimate of drug-likeness (QED) is 0.775. The van der Waals surface area contributed by atoms with E-state index in [9.17, 15) is 13.6 Å². The molecule has 1 aliphatic rings. The van der Waals surface area contributed by atoms with Gasteiger partial charge in [0.25, 0.3) is 0 Å². The summed E-state index contributed by atoms with van der Waals surface area (Å²) in [5.41, 5.74) is -0.199. The Bertz CT molecular complexity index is 637. The van der Waals surface area contributed by atoms with Gasteiger partial charge in [0.05, 0.1) is 5.56 Å². The largest absolute Gasteiger partial charge is 0.443 e. The summed E-state index contributed by atoms with van der Waals surface area (Å²) in [7, 11) is 0. The van der Waals surface area contributed by atoms with Gasteiger partial charge in [0.15, 0.2) is 5.60 Å². The minimum atomic E-state index is -1.46. The summed E-state index contributed by atoms with van der Waals surface area (Å²) in [6, 6.07) is 12.0. The number of alkyl halides is 1. The highest BCUT2D eigenvalue weighted by molar-refractivity contribution is 5.95. The average Bonchev–Trinajstić information content (AvgIpc) is 2.74. The van der Waals surface area contributed by atoms with Gasteiger partial charge in [0.2, 0.25) is 0 Å². The lowest BCUT2D eigenvalue weighted by atomic mass is 9.86. The summed E-state index contributed by atoms with van der Waals surface area (Å²) < 4.78 is 31.9. The molecule has 3 rings (SSSR count). The van der Waals surface area contributed by atoms with E-state index in [0.29, 0.717) is 16.7 Å². The maximum absolute atomic E-state index is 13.6. The number of carbonyl (C=O) groups excluding carboxylic acids is 1. The zero-order chi connectivity index (χ0) is 13.5. The predicted molar refractivity (Wildman–Crippen MR) is 65.0 cm³/mol.